The quantitative estimate of drug-likeness (QED) is 0.810. The average molecular weight is 281 g/mol. The van der Waals surface area contributed by atoms with E-state index in [-0.39, 0.29) is 11.9 Å². The summed E-state index contributed by atoms with van der Waals surface area (Å²) in [6.45, 7) is 2.77. The Labute approximate surface area is 117 Å². The molecule has 1 aliphatic carbocycles. The molecule has 1 saturated heterocycles. The zero-order valence-electron chi connectivity index (χ0n) is 10.8. The molecule has 0 spiro atoms. The van der Waals surface area contributed by atoms with E-state index in [1.165, 1.54) is 12.8 Å². The maximum absolute atomic E-state index is 12.3. The Hall–Kier alpha value is -1.20. The molecule has 102 valence electrons. The van der Waals surface area contributed by atoms with E-state index in [4.69, 9.17) is 11.6 Å². The molecule has 1 aromatic rings. The number of halogens is 1. The van der Waals surface area contributed by atoms with Gasteiger partial charge in [-0.1, -0.05) is 18.0 Å². The molecule has 2 N–H and O–H groups in total. The molecule has 1 saturated carbocycles. The number of nitrogens with zero attached hydrogens (tertiary/aromatic N) is 2. The highest BCUT2D eigenvalue weighted by Crippen LogP contribution is 2.37. The highest BCUT2D eigenvalue weighted by atomic mass is 35.5. The molecule has 5 nitrogen and oxygen atoms in total. The number of nitrogens with one attached hydrogen (secondary N) is 2. The van der Waals surface area contributed by atoms with Crippen molar-refractivity contribution in [3.63, 3.8) is 0 Å². The zero-order chi connectivity index (χ0) is 13.4. The Morgan fingerprint density at radius 2 is 2.32 bits per heavy atom. The molecular formula is C13H17ClN4O. The molecule has 2 heterocycles. The largest absolute Gasteiger partial charge is 0.305 e. The summed E-state index contributed by atoms with van der Waals surface area (Å²) in [5.74, 6) is 1.35. The molecule has 3 rings (SSSR count). The van der Waals surface area contributed by atoms with Crippen LogP contribution in [-0.4, -0.2) is 28.5 Å². The van der Waals surface area contributed by atoms with Crippen molar-refractivity contribution >= 4 is 23.5 Å². The van der Waals surface area contributed by atoms with E-state index < -0.39 is 0 Å². The maximum Gasteiger partial charge on any atom is 0.244 e. The summed E-state index contributed by atoms with van der Waals surface area (Å²) in [5.41, 5.74) is 0.744. The van der Waals surface area contributed by atoms with E-state index in [1.54, 1.807) is 6.07 Å². The smallest absolute Gasteiger partial charge is 0.244 e. The van der Waals surface area contributed by atoms with Gasteiger partial charge in [0.25, 0.3) is 0 Å². The summed E-state index contributed by atoms with van der Waals surface area (Å²) in [7, 11) is 0. The topological polar surface area (TPSA) is 66.9 Å². The van der Waals surface area contributed by atoms with E-state index >= 15 is 0 Å². The first kappa shape index (κ1) is 12.8. The fourth-order valence-corrected chi connectivity index (χ4v) is 3.49. The summed E-state index contributed by atoms with van der Waals surface area (Å²) in [6.07, 6.45) is 3.59. The highest BCUT2D eigenvalue weighted by Gasteiger charge is 2.42. The minimum atomic E-state index is -0.115. The van der Waals surface area contributed by atoms with Gasteiger partial charge >= 0.3 is 0 Å². The number of anilines is 1. The monoisotopic (exact) mass is 280 g/mol. The lowest BCUT2D eigenvalue weighted by Gasteiger charge is -2.17. The van der Waals surface area contributed by atoms with Crippen LogP contribution in [0.5, 0.6) is 0 Å². The van der Waals surface area contributed by atoms with Crippen molar-refractivity contribution in [3.05, 3.63) is 16.9 Å². The van der Waals surface area contributed by atoms with Gasteiger partial charge in [0.2, 0.25) is 11.9 Å². The van der Waals surface area contributed by atoms with Crippen molar-refractivity contribution < 1.29 is 4.79 Å². The molecule has 0 radical (unpaired) electrons. The van der Waals surface area contributed by atoms with Crippen molar-refractivity contribution in [3.8, 4) is 0 Å². The Morgan fingerprint density at radius 1 is 1.47 bits per heavy atom. The third-order valence-corrected chi connectivity index (χ3v) is 4.28. The van der Waals surface area contributed by atoms with E-state index in [0.717, 1.165) is 18.7 Å². The number of rotatable bonds is 2. The molecule has 6 heteroatoms. The van der Waals surface area contributed by atoms with Gasteiger partial charge < -0.3 is 5.32 Å². The Morgan fingerprint density at radius 3 is 3.11 bits per heavy atom. The number of carbonyl (C=O) groups is 1. The molecule has 1 aliphatic heterocycles. The molecule has 1 aromatic heterocycles. The van der Waals surface area contributed by atoms with Crippen LogP contribution in [0.4, 0.5) is 5.95 Å². The van der Waals surface area contributed by atoms with Crippen LogP contribution in [-0.2, 0) is 4.79 Å². The summed E-state index contributed by atoms with van der Waals surface area (Å²) in [6, 6.07) is 1.55. The Balaban J connectivity index is 1.71. The predicted octanol–water partition coefficient (Wildman–Crippen LogP) is 1.77. The molecule has 3 unspecified atom stereocenters. The third kappa shape index (κ3) is 2.58. The Bertz CT molecular complexity index is 487. The lowest BCUT2D eigenvalue weighted by molar-refractivity contribution is -0.118. The van der Waals surface area contributed by atoms with Crippen molar-refractivity contribution in [2.24, 2.45) is 11.8 Å². The number of aryl methyl sites for hydroxylation is 1. The van der Waals surface area contributed by atoms with Gasteiger partial charge in [-0.25, -0.2) is 9.97 Å². The lowest BCUT2D eigenvalue weighted by atomic mass is 9.94. The SMILES string of the molecule is Cc1cc(Cl)nc(NC(=O)C2NCC3CCCC32)n1. The number of amides is 1. The predicted molar refractivity (Wildman–Crippen MR) is 73.0 cm³/mol. The van der Waals surface area contributed by atoms with Crippen molar-refractivity contribution in [2.75, 3.05) is 11.9 Å². The number of aromatic nitrogens is 2. The van der Waals surface area contributed by atoms with Crippen LogP contribution >= 0.6 is 11.6 Å². The first-order chi connectivity index (χ1) is 9.13. The molecular weight excluding hydrogens is 264 g/mol. The van der Waals surface area contributed by atoms with Crippen molar-refractivity contribution in [1.82, 2.24) is 15.3 Å². The van der Waals surface area contributed by atoms with E-state index in [2.05, 4.69) is 20.6 Å². The average Bonchev–Trinajstić information content (AvgIpc) is 2.87. The van der Waals surface area contributed by atoms with Crippen LogP contribution in [0.2, 0.25) is 5.15 Å². The van der Waals surface area contributed by atoms with Crippen LogP contribution in [0, 0.1) is 18.8 Å². The van der Waals surface area contributed by atoms with Crippen LogP contribution < -0.4 is 10.6 Å². The van der Waals surface area contributed by atoms with E-state index in [9.17, 15) is 4.79 Å². The third-order valence-electron chi connectivity index (χ3n) is 4.09. The fraction of sp³-hybridized carbons (Fsp3) is 0.615. The van der Waals surface area contributed by atoms with Crippen LogP contribution in [0.15, 0.2) is 6.07 Å². The second kappa shape index (κ2) is 5.06. The van der Waals surface area contributed by atoms with Gasteiger partial charge in [0.1, 0.15) is 5.15 Å². The van der Waals surface area contributed by atoms with Crippen LogP contribution in [0.3, 0.4) is 0 Å². The van der Waals surface area contributed by atoms with Gasteiger partial charge in [0.05, 0.1) is 6.04 Å². The minimum absolute atomic E-state index is 0.0453. The standard InChI is InChI=1S/C13H17ClN4O/c1-7-5-10(14)17-13(16-7)18-12(19)11-9-4-2-3-8(9)6-15-11/h5,8-9,11,15H,2-4,6H2,1H3,(H,16,17,18,19). The summed E-state index contributed by atoms with van der Waals surface area (Å²) < 4.78 is 0. The molecule has 3 atom stereocenters. The molecule has 2 aliphatic rings. The molecule has 19 heavy (non-hydrogen) atoms. The number of carbonyl (C=O) groups excluding carboxylic acids is 1. The van der Waals surface area contributed by atoms with Gasteiger partial charge in [-0.3, -0.25) is 10.1 Å². The summed E-state index contributed by atoms with van der Waals surface area (Å²) in [4.78, 5) is 20.5. The first-order valence-corrected chi connectivity index (χ1v) is 7.07. The second-order valence-corrected chi connectivity index (χ2v) is 5.77. The van der Waals surface area contributed by atoms with E-state index in [1.807, 2.05) is 6.92 Å². The van der Waals surface area contributed by atoms with Crippen molar-refractivity contribution in [2.45, 2.75) is 32.2 Å². The maximum atomic E-state index is 12.3. The van der Waals surface area contributed by atoms with Gasteiger partial charge in [0, 0.05) is 5.69 Å². The number of fused-ring (bicyclic) bond motifs is 1. The molecule has 0 bridgehead atoms. The molecule has 2 fully saturated rings. The highest BCUT2D eigenvalue weighted by molar-refractivity contribution is 6.29. The van der Waals surface area contributed by atoms with Crippen molar-refractivity contribution in [1.29, 1.82) is 0 Å². The van der Waals surface area contributed by atoms with Gasteiger partial charge in [-0.05, 0) is 44.2 Å². The fourth-order valence-electron chi connectivity index (χ4n) is 3.25. The first-order valence-electron chi connectivity index (χ1n) is 6.69. The summed E-state index contributed by atoms with van der Waals surface area (Å²) >= 11 is 5.86. The van der Waals surface area contributed by atoms with Crippen LogP contribution in [0.25, 0.3) is 0 Å². The second-order valence-electron chi connectivity index (χ2n) is 5.39. The van der Waals surface area contributed by atoms with Gasteiger partial charge in [-0.2, -0.15) is 0 Å². The molecule has 0 aromatic carbocycles. The van der Waals surface area contributed by atoms with E-state index in [0.29, 0.717) is 22.9 Å². The van der Waals surface area contributed by atoms with Crippen LogP contribution in [0.1, 0.15) is 25.0 Å². The Kier molecular flexibility index (Phi) is 3.41. The zero-order valence-corrected chi connectivity index (χ0v) is 11.6. The lowest BCUT2D eigenvalue weighted by Crippen LogP contribution is -2.40. The number of hydrogen-bond acceptors (Lipinski definition) is 4. The summed E-state index contributed by atoms with van der Waals surface area (Å²) in [5, 5.41) is 6.43. The molecule has 1 amide bonds. The van der Waals surface area contributed by atoms with Gasteiger partial charge in [-0.15, -0.1) is 0 Å². The normalized spacial score (nSPS) is 29.3. The minimum Gasteiger partial charge on any atom is -0.305 e. The van der Waals surface area contributed by atoms with Gasteiger partial charge in [0.15, 0.2) is 0 Å². The number of hydrogen-bond donors (Lipinski definition) is 2.